The number of carbonyl (C=O) groups excluding carboxylic acids is 1. The Bertz CT molecular complexity index is 603. The summed E-state index contributed by atoms with van der Waals surface area (Å²) >= 11 is 0. The maximum Gasteiger partial charge on any atom is 0.247 e. The lowest BCUT2D eigenvalue weighted by molar-refractivity contribution is -0.125. The molecule has 0 bridgehead atoms. The van der Waals surface area contributed by atoms with Crippen LogP contribution in [-0.4, -0.2) is 32.1 Å². The maximum atomic E-state index is 13.6. The lowest BCUT2D eigenvalue weighted by Gasteiger charge is -2.11. The van der Waals surface area contributed by atoms with Crippen molar-refractivity contribution in [3.8, 4) is 0 Å². The molecule has 1 amide bonds. The summed E-state index contributed by atoms with van der Waals surface area (Å²) in [6, 6.07) is 1.94. The number of halogens is 1. The van der Waals surface area contributed by atoms with E-state index < -0.39 is 39.3 Å². The summed E-state index contributed by atoms with van der Waals surface area (Å²) in [6.07, 6.45) is -1.69. The highest BCUT2D eigenvalue weighted by Gasteiger charge is 2.22. The van der Waals surface area contributed by atoms with Gasteiger partial charge in [-0.05, 0) is 24.6 Å². The van der Waals surface area contributed by atoms with Crippen molar-refractivity contribution < 1.29 is 22.7 Å². The van der Waals surface area contributed by atoms with Crippen molar-refractivity contribution in [2.24, 2.45) is 5.73 Å². The minimum Gasteiger partial charge on any atom is -0.398 e. The highest BCUT2D eigenvalue weighted by atomic mass is 32.2. The molecule has 6 N–H and O–H groups in total. The van der Waals surface area contributed by atoms with Crippen LogP contribution in [-0.2, 0) is 14.8 Å². The van der Waals surface area contributed by atoms with E-state index in [1.54, 1.807) is 0 Å². The predicted octanol–water partition coefficient (Wildman–Crippen LogP) is -1.16. The van der Waals surface area contributed by atoms with Gasteiger partial charge in [0.15, 0.2) is 0 Å². The van der Waals surface area contributed by atoms with Gasteiger partial charge in [-0.3, -0.25) is 4.79 Å². The molecule has 9 heteroatoms. The van der Waals surface area contributed by atoms with E-state index >= 15 is 0 Å². The zero-order chi connectivity index (χ0) is 14.8. The molecule has 0 heterocycles. The summed E-state index contributed by atoms with van der Waals surface area (Å²) in [5, 5.41) is 9.08. The number of hydrogen-bond acceptors (Lipinski definition) is 5. The van der Waals surface area contributed by atoms with Crippen molar-refractivity contribution in [3.05, 3.63) is 23.5 Å². The molecule has 0 aliphatic heterocycles. The second kappa shape index (κ2) is 5.51. The van der Waals surface area contributed by atoms with Crippen LogP contribution in [0.15, 0.2) is 17.0 Å². The Balaban J connectivity index is 3.01. The summed E-state index contributed by atoms with van der Waals surface area (Å²) in [5.74, 6) is -2.07. The summed E-state index contributed by atoms with van der Waals surface area (Å²) < 4.78 is 39.0. The number of benzene rings is 1. The molecule has 0 aliphatic rings. The number of aliphatic hydroxyl groups is 1. The van der Waals surface area contributed by atoms with E-state index in [-0.39, 0.29) is 5.69 Å². The van der Waals surface area contributed by atoms with Crippen LogP contribution in [0.4, 0.5) is 10.1 Å². The minimum atomic E-state index is -4.23. The van der Waals surface area contributed by atoms with Crippen LogP contribution in [0.2, 0.25) is 0 Å². The molecule has 19 heavy (non-hydrogen) atoms. The summed E-state index contributed by atoms with van der Waals surface area (Å²) in [4.78, 5) is 9.90. The number of hydrogen-bond donors (Lipinski definition) is 4. The number of sulfonamides is 1. The Labute approximate surface area is 109 Å². The fourth-order valence-corrected chi connectivity index (χ4v) is 2.37. The minimum absolute atomic E-state index is 0.109. The second-order valence-electron chi connectivity index (χ2n) is 3.91. The molecule has 0 aliphatic carbocycles. The number of amides is 1. The molecule has 0 spiro atoms. The number of primary amides is 1. The van der Waals surface area contributed by atoms with Gasteiger partial charge in [0.2, 0.25) is 15.9 Å². The molecule has 1 atom stereocenters. The molecule has 0 saturated heterocycles. The highest BCUT2D eigenvalue weighted by Crippen LogP contribution is 2.21. The van der Waals surface area contributed by atoms with Crippen molar-refractivity contribution in [2.75, 3.05) is 12.3 Å². The first-order chi connectivity index (χ1) is 8.65. The Morgan fingerprint density at radius 2 is 2.11 bits per heavy atom. The first-order valence-corrected chi connectivity index (χ1v) is 6.66. The van der Waals surface area contributed by atoms with E-state index in [2.05, 4.69) is 0 Å². The van der Waals surface area contributed by atoms with E-state index in [9.17, 15) is 17.6 Å². The van der Waals surface area contributed by atoms with Crippen LogP contribution in [0, 0.1) is 12.7 Å². The fourth-order valence-electron chi connectivity index (χ4n) is 1.24. The number of aliphatic hydroxyl groups excluding tert-OH is 1. The fraction of sp³-hybridized carbons (Fsp3) is 0.300. The standard InChI is InChI=1S/C10H14FN3O4S/c1-5-2-6(11)9(3-7(5)12)19(17,18)14-4-8(15)10(13)16/h2-3,8,14-15H,4,12H2,1H3,(H2,13,16). The van der Waals surface area contributed by atoms with Crippen molar-refractivity contribution in [3.63, 3.8) is 0 Å². The molecule has 1 aromatic carbocycles. The summed E-state index contributed by atoms with van der Waals surface area (Å²) in [6.45, 7) is 0.879. The lowest BCUT2D eigenvalue weighted by atomic mass is 10.2. The van der Waals surface area contributed by atoms with Gasteiger partial charge in [0.1, 0.15) is 16.8 Å². The maximum absolute atomic E-state index is 13.6. The predicted molar refractivity (Wildman–Crippen MR) is 65.9 cm³/mol. The van der Waals surface area contributed by atoms with Crippen LogP contribution >= 0.6 is 0 Å². The van der Waals surface area contributed by atoms with Crippen LogP contribution in [0.5, 0.6) is 0 Å². The molecule has 0 saturated carbocycles. The van der Waals surface area contributed by atoms with E-state index in [0.29, 0.717) is 5.56 Å². The molecule has 0 fully saturated rings. The monoisotopic (exact) mass is 291 g/mol. The molecule has 0 aromatic heterocycles. The van der Waals surface area contributed by atoms with Crippen molar-refractivity contribution in [1.29, 1.82) is 0 Å². The molecule has 1 rings (SSSR count). The van der Waals surface area contributed by atoms with Gasteiger partial charge in [-0.15, -0.1) is 0 Å². The van der Waals surface area contributed by atoms with Crippen molar-refractivity contribution >= 4 is 21.6 Å². The van der Waals surface area contributed by atoms with Gasteiger partial charge >= 0.3 is 0 Å². The van der Waals surface area contributed by atoms with Gasteiger partial charge in [-0.1, -0.05) is 0 Å². The molecular weight excluding hydrogens is 277 g/mol. The average molecular weight is 291 g/mol. The molecule has 7 nitrogen and oxygen atoms in total. The molecule has 1 aromatic rings. The zero-order valence-corrected chi connectivity index (χ0v) is 10.9. The molecule has 106 valence electrons. The Kier molecular flexibility index (Phi) is 4.45. The smallest absolute Gasteiger partial charge is 0.247 e. The number of nitrogen functional groups attached to an aromatic ring is 1. The Morgan fingerprint density at radius 1 is 1.53 bits per heavy atom. The van der Waals surface area contributed by atoms with E-state index in [1.165, 1.54) is 6.92 Å². The molecule has 1 unspecified atom stereocenters. The third-order valence-corrected chi connectivity index (χ3v) is 3.84. The average Bonchev–Trinajstić information content (AvgIpc) is 2.30. The Hall–Kier alpha value is -1.71. The van der Waals surface area contributed by atoms with Crippen LogP contribution in [0.1, 0.15) is 5.56 Å². The molecule has 0 radical (unpaired) electrons. The van der Waals surface area contributed by atoms with E-state index in [1.807, 2.05) is 4.72 Å². The molecular formula is C10H14FN3O4S. The first kappa shape index (κ1) is 15.3. The Morgan fingerprint density at radius 3 is 2.63 bits per heavy atom. The van der Waals surface area contributed by atoms with Crippen LogP contribution < -0.4 is 16.2 Å². The first-order valence-electron chi connectivity index (χ1n) is 5.18. The third kappa shape index (κ3) is 3.63. The normalized spacial score (nSPS) is 13.2. The summed E-state index contributed by atoms with van der Waals surface area (Å²) in [5.41, 5.74) is 10.8. The topological polar surface area (TPSA) is 136 Å². The van der Waals surface area contributed by atoms with Gasteiger partial charge in [0.25, 0.3) is 0 Å². The van der Waals surface area contributed by atoms with Crippen LogP contribution in [0.25, 0.3) is 0 Å². The number of carbonyl (C=O) groups is 1. The SMILES string of the molecule is Cc1cc(F)c(S(=O)(=O)NCC(O)C(N)=O)cc1N. The zero-order valence-electron chi connectivity index (χ0n) is 10.1. The van der Waals surface area contributed by atoms with E-state index in [4.69, 9.17) is 16.6 Å². The van der Waals surface area contributed by atoms with Gasteiger partial charge in [-0.25, -0.2) is 17.5 Å². The van der Waals surface area contributed by atoms with Gasteiger partial charge in [0, 0.05) is 12.2 Å². The summed E-state index contributed by atoms with van der Waals surface area (Å²) in [7, 11) is -4.23. The van der Waals surface area contributed by atoms with Gasteiger partial charge in [-0.2, -0.15) is 0 Å². The number of nitrogens with two attached hydrogens (primary N) is 2. The van der Waals surface area contributed by atoms with Crippen molar-refractivity contribution in [2.45, 2.75) is 17.9 Å². The second-order valence-corrected chi connectivity index (χ2v) is 5.64. The number of aryl methyl sites for hydroxylation is 1. The van der Waals surface area contributed by atoms with Crippen LogP contribution in [0.3, 0.4) is 0 Å². The third-order valence-electron chi connectivity index (χ3n) is 2.41. The van der Waals surface area contributed by atoms with Crippen molar-refractivity contribution in [1.82, 2.24) is 4.72 Å². The van der Waals surface area contributed by atoms with Gasteiger partial charge < -0.3 is 16.6 Å². The lowest BCUT2D eigenvalue weighted by Crippen LogP contribution is -2.40. The number of rotatable bonds is 5. The van der Waals surface area contributed by atoms with E-state index in [0.717, 1.165) is 12.1 Å². The highest BCUT2D eigenvalue weighted by molar-refractivity contribution is 7.89. The quantitative estimate of drug-likeness (QED) is 0.507. The largest absolute Gasteiger partial charge is 0.398 e. The number of anilines is 1. The van der Waals surface area contributed by atoms with Gasteiger partial charge in [0.05, 0.1) is 0 Å². The number of nitrogens with one attached hydrogen (secondary N) is 1.